The Hall–Kier alpha value is -4.04. The van der Waals surface area contributed by atoms with Crippen molar-refractivity contribution in [3.63, 3.8) is 0 Å². The third kappa shape index (κ3) is 9.25. The number of aromatic nitrogens is 1. The first-order valence-electron chi connectivity index (χ1n) is 14.2. The number of nitrogens with one attached hydrogen (secondary N) is 1. The van der Waals surface area contributed by atoms with Crippen LogP contribution in [0.4, 0.5) is 4.39 Å². The number of carbonyl (C=O) groups is 1. The molecule has 0 saturated heterocycles. The highest BCUT2D eigenvalue weighted by atomic mass is 19.1. The molecule has 218 valence electrons. The lowest BCUT2D eigenvalue weighted by molar-refractivity contribution is -0.134. The smallest absolute Gasteiger partial charge is 0.357 e. The van der Waals surface area contributed by atoms with Gasteiger partial charge in [-0.3, -0.25) is 9.98 Å². The molecule has 0 radical (unpaired) electrons. The Labute approximate surface area is 242 Å². The van der Waals surface area contributed by atoms with E-state index in [1.54, 1.807) is 31.2 Å². The fraction of sp³-hybridized carbons (Fsp3) is 0.364. The van der Waals surface area contributed by atoms with Gasteiger partial charge >= 0.3 is 5.97 Å². The molecule has 3 N–H and O–H groups in total. The topological polar surface area (TPSA) is 98.8 Å². The normalized spacial score (nSPS) is 12.3. The second kappa shape index (κ2) is 16.3. The Morgan fingerprint density at radius 3 is 2.41 bits per heavy atom. The standard InChI is InChI=1S/C33H41FN4O3/c1-5-7-17-36-19-20-38-32(33(39)40-6-2)30(31(35)28-16-18-37-21-29(28)34)26-12-14-27(15-13-26)41-22-24-8-10-25(11-9-24)23(3)4/h8-16,18,21,23,36H,5-7,17,19-20,22,35H2,1-4H3. The maximum absolute atomic E-state index is 14.8. The molecule has 41 heavy (non-hydrogen) atoms. The first-order valence-corrected chi connectivity index (χ1v) is 14.2. The van der Waals surface area contributed by atoms with E-state index >= 15 is 0 Å². The molecular weight excluding hydrogens is 519 g/mol. The number of aliphatic imine (C=N–C) groups is 1. The van der Waals surface area contributed by atoms with Crippen LogP contribution in [-0.4, -0.2) is 42.9 Å². The number of nitrogens with zero attached hydrogens (tertiary/aromatic N) is 2. The summed E-state index contributed by atoms with van der Waals surface area (Å²) in [4.78, 5) is 21.6. The third-order valence-corrected chi connectivity index (χ3v) is 6.50. The third-order valence-electron chi connectivity index (χ3n) is 6.50. The molecule has 2 aromatic carbocycles. The minimum absolute atomic E-state index is 0.0387. The maximum Gasteiger partial charge on any atom is 0.357 e. The Kier molecular flexibility index (Phi) is 12.5. The SMILES string of the molecule is CCCCNCCN=C(C(=O)OCC)C(=C(N)c1ccncc1F)c1ccc(OCc2ccc(C(C)C)cc2)cc1. The minimum atomic E-state index is -0.626. The summed E-state index contributed by atoms with van der Waals surface area (Å²) in [5.74, 6) is -0.119. The van der Waals surface area contributed by atoms with Gasteiger partial charge in [0.25, 0.3) is 0 Å². The Bertz CT molecular complexity index is 1320. The maximum atomic E-state index is 14.8. The lowest BCUT2D eigenvalue weighted by atomic mass is 9.95. The van der Waals surface area contributed by atoms with Gasteiger partial charge in [0.2, 0.25) is 0 Å². The fourth-order valence-corrected chi connectivity index (χ4v) is 4.15. The van der Waals surface area contributed by atoms with Crippen LogP contribution in [0.3, 0.4) is 0 Å². The molecule has 0 spiro atoms. The van der Waals surface area contributed by atoms with Crippen molar-refractivity contribution in [2.45, 2.75) is 53.1 Å². The second-order valence-electron chi connectivity index (χ2n) is 9.91. The van der Waals surface area contributed by atoms with Crippen LogP contribution in [-0.2, 0) is 16.1 Å². The highest BCUT2D eigenvalue weighted by Gasteiger charge is 2.24. The molecule has 0 saturated carbocycles. The van der Waals surface area contributed by atoms with Gasteiger partial charge in [-0.15, -0.1) is 0 Å². The van der Waals surface area contributed by atoms with Crippen LogP contribution in [0.5, 0.6) is 5.75 Å². The van der Waals surface area contributed by atoms with Crippen LogP contribution in [0, 0.1) is 5.82 Å². The zero-order valence-corrected chi connectivity index (χ0v) is 24.5. The summed E-state index contributed by atoms with van der Waals surface area (Å²) in [7, 11) is 0. The number of pyridine rings is 1. The van der Waals surface area contributed by atoms with E-state index < -0.39 is 11.8 Å². The molecule has 0 fully saturated rings. The number of unbranched alkanes of at least 4 members (excludes halogenated alkanes) is 1. The van der Waals surface area contributed by atoms with Gasteiger partial charge in [-0.1, -0.05) is 63.6 Å². The monoisotopic (exact) mass is 560 g/mol. The first-order chi connectivity index (χ1) is 19.8. The number of hydrogen-bond acceptors (Lipinski definition) is 7. The lowest BCUT2D eigenvalue weighted by Gasteiger charge is -2.16. The van der Waals surface area contributed by atoms with Crippen molar-refractivity contribution in [1.29, 1.82) is 0 Å². The molecule has 0 aliphatic heterocycles. The van der Waals surface area contributed by atoms with Gasteiger partial charge in [-0.05, 0) is 60.7 Å². The second-order valence-corrected chi connectivity index (χ2v) is 9.91. The van der Waals surface area contributed by atoms with Gasteiger partial charge in [0.15, 0.2) is 11.5 Å². The molecule has 7 nitrogen and oxygen atoms in total. The van der Waals surface area contributed by atoms with E-state index in [9.17, 15) is 9.18 Å². The van der Waals surface area contributed by atoms with Crippen LogP contribution < -0.4 is 15.8 Å². The molecule has 1 aromatic heterocycles. The molecule has 0 amide bonds. The van der Waals surface area contributed by atoms with Gasteiger partial charge in [0, 0.05) is 23.9 Å². The highest BCUT2D eigenvalue weighted by Crippen LogP contribution is 2.28. The van der Waals surface area contributed by atoms with E-state index in [0.29, 0.717) is 36.9 Å². The van der Waals surface area contributed by atoms with E-state index in [1.165, 1.54) is 17.8 Å². The van der Waals surface area contributed by atoms with Gasteiger partial charge in [-0.25, -0.2) is 9.18 Å². The first kappa shape index (κ1) is 31.5. The molecule has 0 atom stereocenters. The van der Waals surface area contributed by atoms with Gasteiger partial charge in [0.1, 0.15) is 12.4 Å². The zero-order chi connectivity index (χ0) is 29.6. The number of hydrogen-bond donors (Lipinski definition) is 2. The number of benzene rings is 2. The van der Waals surface area contributed by atoms with Gasteiger partial charge < -0.3 is 20.5 Å². The molecule has 8 heteroatoms. The number of ether oxygens (including phenoxy) is 2. The lowest BCUT2D eigenvalue weighted by Crippen LogP contribution is -2.25. The Morgan fingerprint density at radius 1 is 1.05 bits per heavy atom. The Morgan fingerprint density at radius 2 is 1.78 bits per heavy atom. The molecule has 3 aromatic rings. The van der Waals surface area contributed by atoms with E-state index in [4.69, 9.17) is 15.2 Å². The molecular formula is C33H41FN4O3. The molecule has 0 unspecified atom stereocenters. The quantitative estimate of drug-likeness (QED) is 0.132. The van der Waals surface area contributed by atoms with Gasteiger partial charge in [0.05, 0.1) is 25.0 Å². The van der Waals surface area contributed by atoms with Crippen molar-refractivity contribution in [1.82, 2.24) is 10.3 Å². The molecule has 0 bridgehead atoms. The van der Waals surface area contributed by atoms with E-state index in [0.717, 1.165) is 31.1 Å². The van der Waals surface area contributed by atoms with E-state index in [1.807, 2.05) is 0 Å². The predicted octanol–water partition coefficient (Wildman–Crippen LogP) is 6.14. The van der Waals surface area contributed by atoms with Crippen LogP contribution in [0.1, 0.15) is 68.7 Å². The minimum Gasteiger partial charge on any atom is -0.489 e. The highest BCUT2D eigenvalue weighted by molar-refractivity contribution is 6.56. The predicted molar refractivity (Wildman–Crippen MR) is 163 cm³/mol. The molecule has 3 rings (SSSR count). The summed E-state index contributed by atoms with van der Waals surface area (Å²) in [5.41, 5.74) is 9.99. The Balaban J connectivity index is 1.94. The van der Waals surface area contributed by atoms with Crippen LogP contribution in [0.15, 0.2) is 72.0 Å². The van der Waals surface area contributed by atoms with Gasteiger partial charge in [-0.2, -0.15) is 0 Å². The van der Waals surface area contributed by atoms with Crippen LogP contribution >= 0.6 is 0 Å². The van der Waals surface area contributed by atoms with Crippen molar-refractivity contribution in [2.75, 3.05) is 26.2 Å². The van der Waals surface area contributed by atoms with Crippen LogP contribution in [0.2, 0.25) is 0 Å². The molecule has 1 heterocycles. The van der Waals surface area contributed by atoms with Crippen molar-refractivity contribution in [3.05, 3.63) is 95.1 Å². The molecule has 0 aliphatic rings. The van der Waals surface area contributed by atoms with Crippen LogP contribution in [0.25, 0.3) is 11.3 Å². The summed E-state index contributed by atoms with van der Waals surface area (Å²) in [6, 6.07) is 17.0. The van der Waals surface area contributed by atoms with Crippen molar-refractivity contribution in [2.24, 2.45) is 10.7 Å². The van der Waals surface area contributed by atoms with Crippen molar-refractivity contribution >= 4 is 23.0 Å². The number of nitrogens with two attached hydrogens (primary N) is 1. The van der Waals surface area contributed by atoms with Crippen molar-refractivity contribution < 1.29 is 18.7 Å². The van der Waals surface area contributed by atoms with Crippen molar-refractivity contribution in [3.8, 4) is 5.75 Å². The fourth-order valence-electron chi connectivity index (χ4n) is 4.15. The summed E-state index contributed by atoms with van der Waals surface area (Å²) in [5, 5.41) is 3.31. The molecule has 0 aliphatic carbocycles. The number of esters is 1. The number of rotatable bonds is 15. The number of carbonyl (C=O) groups excluding carboxylic acids is 1. The average Bonchev–Trinajstić information content (AvgIpc) is 2.98. The summed E-state index contributed by atoms with van der Waals surface area (Å²) in [6.07, 6.45) is 4.66. The average molecular weight is 561 g/mol. The largest absolute Gasteiger partial charge is 0.489 e. The van der Waals surface area contributed by atoms with E-state index in [2.05, 4.69) is 60.3 Å². The summed E-state index contributed by atoms with van der Waals surface area (Å²) < 4.78 is 26.1. The summed E-state index contributed by atoms with van der Waals surface area (Å²) >= 11 is 0. The zero-order valence-electron chi connectivity index (χ0n) is 24.5. The summed E-state index contributed by atoms with van der Waals surface area (Å²) in [6.45, 7) is 10.5. The van der Waals surface area contributed by atoms with E-state index in [-0.39, 0.29) is 29.2 Å². The number of halogens is 1.